The molecule has 2 fully saturated rings. The van der Waals surface area contributed by atoms with Gasteiger partial charge in [-0.05, 0) is 36.0 Å². The van der Waals surface area contributed by atoms with Crippen LogP contribution in [0.1, 0.15) is 46.5 Å². The minimum Gasteiger partial charge on any atom is -0.0599 e. The molecule has 0 heteroatoms. The van der Waals surface area contributed by atoms with E-state index >= 15 is 0 Å². The lowest BCUT2D eigenvalue weighted by Gasteiger charge is -2.18. The average Bonchev–Trinajstić information content (AvgIpc) is 2.58. The predicted molar refractivity (Wildman–Crippen MR) is 48.4 cm³/mol. The van der Waals surface area contributed by atoms with E-state index in [2.05, 4.69) is 20.8 Å². The second-order valence-electron chi connectivity index (χ2n) is 5.50. The minimum atomic E-state index is 0.597. The van der Waals surface area contributed by atoms with Gasteiger partial charge in [0.25, 0.3) is 0 Å². The van der Waals surface area contributed by atoms with E-state index in [0.29, 0.717) is 5.41 Å². The molecule has 0 aromatic carbocycles. The minimum absolute atomic E-state index is 0.597. The van der Waals surface area contributed by atoms with E-state index in [0.717, 1.165) is 17.8 Å². The summed E-state index contributed by atoms with van der Waals surface area (Å²) in [6.45, 7) is 7.24. The number of fused-ring (bicyclic) bond motifs is 1. The molecule has 64 valence electrons. The fraction of sp³-hybridized carbons (Fsp3) is 1.00. The number of hydrogen-bond acceptors (Lipinski definition) is 0. The summed E-state index contributed by atoms with van der Waals surface area (Å²) < 4.78 is 0. The molecular weight excluding hydrogens is 132 g/mol. The zero-order valence-corrected chi connectivity index (χ0v) is 8.06. The quantitative estimate of drug-likeness (QED) is 0.498. The smallest absolute Gasteiger partial charge is 0.0303 e. The van der Waals surface area contributed by atoms with Crippen LogP contribution in [0.3, 0.4) is 0 Å². The second-order valence-corrected chi connectivity index (χ2v) is 5.50. The third-order valence-corrected chi connectivity index (χ3v) is 3.66. The molecule has 0 saturated heterocycles. The molecule has 0 amide bonds. The molecule has 2 atom stereocenters. The molecule has 0 N–H and O–H groups in total. The van der Waals surface area contributed by atoms with Crippen LogP contribution in [0.25, 0.3) is 0 Å². The predicted octanol–water partition coefficient (Wildman–Crippen LogP) is 3.47. The van der Waals surface area contributed by atoms with E-state index in [9.17, 15) is 0 Å². The van der Waals surface area contributed by atoms with Crippen molar-refractivity contribution in [3.8, 4) is 0 Å². The molecule has 11 heavy (non-hydrogen) atoms. The van der Waals surface area contributed by atoms with E-state index in [-0.39, 0.29) is 0 Å². The van der Waals surface area contributed by atoms with Gasteiger partial charge in [0.2, 0.25) is 0 Å². The zero-order chi connectivity index (χ0) is 8.06. The van der Waals surface area contributed by atoms with Crippen LogP contribution in [0.4, 0.5) is 0 Å². The van der Waals surface area contributed by atoms with E-state index in [1.54, 1.807) is 0 Å². The molecule has 2 unspecified atom stereocenters. The normalized spacial score (nSPS) is 43.4. The maximum atomic E-state index is 2.41. The number of hydrogen-bond donors (Lipinski definition) is 0. The summed E-state index contributed by atoms with van der Waals surface area (Å²) in [6, 6.07) is 0. The van der Waals surface area contributed by atoms with E-state index in [1.807, 2.05) is 0 Å². The van der Waals surface area contributed by atoms with Crippen molar-refractivity contribution < 1.29 is 0 Å². The first-order chi connectivity index (χ1) is 5.11. The van der Waals surface area contributed by atoms with Crippen molar-refractivity contribution in [1.82, 2.24) is 0 Å². The van der Waals surface area contributed by atoms with Gasteiger partial charge in [0, 0.05) is 0 Å². The Morgan fingerprint density at radius 2 is 1.36 bits per heavy atom. The largest absolute Gasteiger partial charge is 0.0599 e. The lowest BCUT2D eigenvalue weighted by atomic mass is 9.88. The first-order valence-electron chi connectivity index (χ1n) is 5.11. The van der Waals surface area contributed by atoms with Crippen LogP contribution >= 0.6 is 0 Å². The molecule has 2 aliphatic rings. The summed E-state index contributed by atoms with van der Waals surface area (Å²) in [5.41, 5.74) is 0.597. The van der Waals surface area contributed by atoms with Crippen molar-refractivity contribution in [3.05, 3.63) is 0 Å². The molecule has 0 aromatic heterocycles. The van der Waals surface area contributed by atoms with Crippen LogP contribution in [-0.2, 0) is 0 Å². The van der Waals surface area contributed by atoms with Gasteiger partial charge in [0.15, 0.2) is 0 Å². The van der Waals surface area contributed by atoms with Gasteiger partial charge in [-0.3, -0.25) is 0 Å². The Balaban J connectivity index is 2.00. The molecule has 0 aromatic rings. The highest BCUT2D eigenvalue weighted by molar-refractivity contribution is 5.03. The van der Waals surface area contributed by atoms with Crippen molar-refractivity contribution in [3.63, 3.8) is 0 Å². The van der Waals surface area contributed by atoms with Crippen molar-refractivity contribution in [2.24, 2.45) is 23.2 Å². The standard InChI is InChI=1S/C11H20/c1-11(2,3)10-8-6-4-5-7-9(8)10/h8-10H,4-7H2,1-3H3. The molecule has 0 heterocycles. The van der Waals surface area contributed by atoms with Gasteiger partial charge in [-0.25, -0.2) is 0 Å². The Morgan fingerprint density at radius 3 is 1.73 bits per heavy atom. The Morgan fingerprint density at radius 1 is 0.909 bits per heavy atom. The fourth-order valence-corrected chi connectivity index (χ4v) is 3.28. The van der Waals surface area contributed by atoms with Crippen molar-refractivity contribution in [2.75, 3.05) is 0 Å². The summed E-state index contributed by atoms with van der Waals surface area (Å²) >= 11 is 0. The van der Waals surface area contributed by atoms with Crippen LogP contribution in [0, 0.1) is 23.2 Å². The van der Waals surface area contributed by atoms with Gasteiger partial charge in [0.05, 0.1) is 0 Å². The molecule has 0 radical (unpaired) electrons. The Hall–Kier alpha value is 0. The van der Waals surface area contributed by atoms with Gasteiger partial charge in [-0.2, -0.15) is 0 Å². The Bertz CT molecular complexity index is 140. The summed E-state index contributed by atoms with van der Waals surface area (Å²) in [5, 5.41) is 0. The van der Waals surface area contributed by atoms with Crippen LogP contribution < -0.4 is 0 Å². The van der Waals surface area contributed by atoms with Crippen molar-refractivity contribution in [2.45, 2.75) is 46.5 Å². The van der Waals surface area contributed by atoms with Crippen molar-refractivity contribution in [1.29, 1.82) is 0 Å². The Kier molecular flexibility index (Phi) is 1.56. The lowest BCUT2D eigenvalue weighted by Crippen LogP contribution is -2.09. The van der Waals surface area contributed by atoms with Gasteiger partial charge < -0.3 is 0 Å². The topological polar surface area (TPSA) is 0 Å². The van der Waals surface area contributed by atoms with Crippen LogP contribution in [-0.4, -0.2) is 0 Å². The molecule has 0 bridgehead atoms. The second kappa shape index (κ2) is 2.24. The number of rotatable bonds is 0. The summed E-state index contributed by atoms with van der Waals surface area (Å²) in [5.74, 6) is 3.33. The summed E-state index contributed by atoms with van der Waals surface area (Å²) in [6.07, 6.45) is 6.08. The first kappa shape index (κ1) is 7.64. The monoisotopic (exact) mass is 152 g/mol. The first-order valence-corrected chi connectivity index (χ1v) is 5.11. The third-order valence-electron chi connectivity index (χ3n) is 3.66. The van der Waals surface area contributed by atoms with Gasteiger partial charge >= 0.3 is 0 Å². The highest BCUT2D eigenvalue weighted by atomic mass is 14.6. The SMILES string of the molecule is CC(C)(C)C1C2CCCCC21. The highest BCUT2D eigenvalue weighted by Gasteiger charge is 2.55. The molecule has 2 saturated carbocycles. The Labute approximate surface area is 70.4 Å². The molecule has 0 nitrogen and oxygen atoms in total. The van der Waals surface area contributed by atoms with Crippen LogP contribution in [0.5, 0.6) is 0 Å². The van der Waals surface area contributed by atoms with Gasteiger partial charge in [-0.15, -0.1) is 0 Å². The van der Waals surface area contributed by atoms with E-state index in [1.165, 1.54) is 25.7 Å². The molecule has 2 aliphatic carbocycles. The molecule has 0 spiro atoms. The highest BCUT2D eigenvalue weighted by Crippen LogP contribution is 2.62. The van der Waals surface area contributed by atoms with E-state index in [4.69, 9.17) is 0 Å². The molecular formula is C11H20. The lowest BCUT2D eigenvalue weighted by molar-refractivity contribution is 0.318. The van der Waals surface area contributed by atoms with Crippen LogP contribution in [0.2, 0.25) is 0 Å². The maximum absolute atomic E-state index is 2.41. The third kappa shape index (κ3) is 1.21. The van der Waals surface area contributed by atoms with Gasteiger partial charge in [-0.1, -0.05) is 33.6 Å². The summed E-state index contributed by atoms with van der Waals surface area (Å²) in [4.78, 5) is 0. The average molecular weight is 152 g/mol. The summed E-state index contributed by atoms with van der Waals surface area (Å²) in [7, 11) is 0. The zero-order valence-electron chi connectivity index (χ0n) is 8.06. The molecule has 0 aliphatic heterocycles. The fourth-order valence-electron chi connectivity index (χ4n) is 3.28. The van der Waals surface area contributed by atoms with E-state index < -0.39 is 0 Å². The van der Waals surface area contributed by atoms with Gasteiger partial charge in [0.1, 0.15) is 0 Å². The van der Waals surface area contributed by atoms with Crippen LogP contribution in [0.15, 0.2) is 0 Å². The molecule has 2 rings (SSSR count). The maximum Gasteiger partial charge on any atom is -0.0303 e. The van der Waals surface area contributed by atoms with Crippen molar-refractivity contribution >= 4 is 0 Å².